The first-order chi connectivity index (χ1) is 12.5. The highest BCUT2D eigenvalue weighted by molar-refractivity contribution is 5.93. The van der Waals surface area contributed by atoms with Crippen LogP contribution in [-0.2, 0) is 14.3 Å². The van der Waals surface area contributed by atoms with Crippen LogP contribution in [0.2, 0.25) is 0 Å². The molecule has 0 saturated carbocycles. The molecule has 9 heteroatoms. The maximum atomic E-state index is 12.1. The van der Waals surface area contributed by atoms with Gasteiger partial charge in [-0.1, -0.05) is 17.3 Å². The van der Waals surface area contributed by atoms with Crippen LogP contribution in [0, 0.1) is 0 Å². The van der Waals surface area contributed by atoms with E-state index < -0.39 is 18.0 Å². The predicted octanol–water partition coefficient (Wildman–Crippen LogP) is 1.46. The van der Waals surface area contributed by atoms with Gasteiger partial charge in [0, 0.05) is 19.2 Å². The maximum absolute atomic E-state index is 12.1. The van der Waals surface area contributed by atoms with Gasteiger partial charge in [0.1, 0.15) is 6.04 Å². The van der Waals surface area contributed by atoms with E-state index in [9.17, 15) is 14.4 Å². The van der Waals surface area contributed by atoms with Crippen molar-refractivity contribution in [2.45, 2.75) is 32.2 Å². The van der Waals surface area contributed by atoms with Gasteiger partial charge >= 0.3 is 12.0 Å². The normalized spacial score (nSPS) is 11.6. The Bertz CT molecular complexity index is 631. The summed E-state index contributed by atoms with van der Waals surface area (Å²) in [6.07, 6.45) is 2.98. The van der Waals surface area contributed by atoms with Crippen LogP contribution in [0.4, 0.5) is 10.5 Å². The second-order valence-corrected chi connectivity index (χ2v) is 5.52. The Kier molecular flexibility index (Phi) is 9.23. The minimum atomic E-state index is -0.780. The highest BCUT2D eigenvalue weighted by atomic mass is 16.5. The Morgan fingerprint density at radius 1 is 1.23 bits per heavy atom. The van der Waals surface area contributed by atoms with Gasteiger partial charge in [-0.15, -0.1) is 0 Å². The summed E-state index contributed by atoms with van der Waals surface area (Å²) >= 11 is 0. The van der Waals surface area contributed by atoms with E-state index in [4.69, 9.17) is 9.94 Å². The molecule has 3 amide bonds. The molecule has 0 fully saturated rings. The molecule has 0 saturated heterocycles. The van der Waals surface area contributed by atoms with Crippen LogP contribution < -0.4 is 16.0 Å². The standard InChI is InChI=1S/C17H24N4O5/c1-12(22)18-10-4-3-5-15(16(23)26-2)21-17(24)20-14-8-6-13(7-9-14)11-19-25/h6-9,11,15,25H,3-5,10H2,1-2H3,(H,18,22)(H2,20,21,24). The van der Waals surface area contributed by atoms with Crippen molar-refractivity contribution < 1.29 is 24.3 Å². The van der Waals surface area contributed by atoms with E-state index in [2.05, 4.69) is 21.1 Å². The summed E-state index contributed by atoms with van der Waals surface area (Å²) in [6, 6.07) is 5.28. The van der Waals surface area contributed by atoms with Gasteiger partial charge in [-0.25, -0.2) is 9.59 Å². The van der Waals surface area contributed by atoms with E-state index in [0.29, 0.717) is 37.1 Å². The first kappa shape index (κ1) is 20.9. The molecule has 0 heterocycles. The van der Waals surface area contributed by atoms with E-state index in [1.807, 2.05) is 0 Å². The number of esters is 1. The average molecular weight is 364 g/mol. The molecule has 0 aliphatic heterocycles. The zero-order valence-electron chi connectivity index (χ0n) is 14.8. The molecule has 0 spiro atoms. The number of methoxy groups -OCH3 is 1. The van der Waals surface area contributed by atoms with Crippen LogP contribution in [0.25, 0.3) is 0 Å². The van der Waals surface area contributed by atoms with Gasteiger partial charge in [-0.3, -0.25) is 4.79 Å². The van der Waals surface area contributed by atoms with Gasteiger partial charge in [-0.2, -0.15) is 0 Å². The van der Waals surface area contributed by atoms with E-state index in [1.165, 1.54) is 20.2 Å². The minimum absolute atomic E-state index is 0.108. The van der Waals surface area contributed by atoms with Crippen LogP contribution in [0.3, 0.4) is 0 Å². The smallest absolute Gasteiger partial charge is 0.328 e. The van der Waals surface area contributed by atoms with Gasteiger partial charge in [0.25, 0.3) is 0 Å². The Morgan fingerprint density at radius 2 is 1.92 bits per heavy atom. The lowest BCUT2D eigenvalue weighted by Gasteiger charge is -2.17. The molecular formula is C17H24N4O5. The average Bonchev–Trinajstić information content (AvgIpc) is 2.61. The molecule has 142 valence electrons. The lowest BCUT2D eigenvalue weighted by atomic mass is 10.1. The number of nitrogens with one attached hydrogen (secondary N) is 3. The number of urea groups is 1. The van der Waals surface area contributed by atoms with Gasteiger partial charge in [0.2, 0.25) is 5.91 Å². The lowest BCUT2D eigenvalue weighted by molar-refractivity contribution is -0.143. The molecule has 1 aromatic rings. The van der Waals surface area contributed by atoms with E-state index in [0.717, 1.165) is 0 Å². The minimum Gasteiger partial charge on any atom is -0.467 e. The summed E-state index contributed by atoms with van der Waals surface area (Å²) in [5, 5.41) is 19.2. The molecule has 1 atom stereocenters. The molecule has 1 unspecified atom stereocenters. The highest BCUT2D eigenvalue weighted by Gasteiger charge is 2.21. The molecule has 1 rings (SSSR count). The topological polar surface area (TPSA) is 129 Å². The summed E-state index contributed by atoms with van der Waals surface area (Å²) in [5.74, 6) is -0.641. The van der Waals surface area contributed by atoms with Crippen molar-refractivity contribution >= 4 is 29.8 Å². The summed E-state index contributed by atoms with van der Waals surface area (Å²) in [5.41, 5.74) is 1.19. The van der Waals surface area contributed by atoms with Crippen LogP contribution in [0.1, 0.15) is 31.7 Å². The number of carbonyl (C=O) groups excluding carboxylic acids is 3. The number of unbranched alkanes of at least 4 members (excludes halogenated alkanes) is 1. The number of hydrogen-bond acceptors (Lipinski definition) is 6. The van der Waals surface area contributed by atoms with Crippen molar-refractivity contribution in [2.75, 3.05) is 19.0 Å². The fourth-order valence-electron chi connectivity index (χ4n) is 2.17. The number of rotatable bonds is 9. The van der Waals surface area contributed by atoms with Gasteiger partial charge in [-0.05, 0) is 37.0 Å². The van der Waals surface area contributed by atoms with Crippen molar-refractivity contribution in [2.24, 2.45) is 5.16 Å². The molecule has 0 bridgehead atoms. The number of benzene rings is 1. The van der Waals surface area contributed by atoms with E-state index in [1.54, 1.807) is 24.3 Å². The molecule has 0 radical (unpaired) electrons. The van der Waals surface area contributed by atoms with Crippen molar-refractivity contribution in [3.05, 3.63) is 29.8 Å². The van der Waals surface area contributed by atoms with Crippen molar-refractivity contribution in [3.8, 4) is 0 Å². The Morgan fingerprint density at radius 3 is 2.50 bits per heavy atom. The van der Waals surface area contributed by atoms with E-state index in [-0.39, 0.29) is 5.91 Å². The number of carbonyl (C=O) groups is 3. The molecule has 9 nitrogen and oxygen atoms in total. The molecule has 0 aromatic heterocycles. The van der Waals surface area contributed by atoms with Crippen molar-refractivity contribution in [1.29, 1.82) is 0 Å². The molecule has 0 aliphatic rings. The number of amides is 3. The first-order valence-corrected chi connectivity index (χ1v) is 8.13. The zero-order chi connectivity index (χ0) is 19.4. The number of oxime groups is 1. The van der Waals surface area contributed by atoms with E-state index >= 15 is 0 Å². The Hall–Kier alpha value is -3.10. The SMILES string of the molecule is COC(=O)C(CCCCNC(C)=O)NC(=O)Nc1ccc(C=NO)cc1. The van der Waals surface area contributed by atoms with Crippen LogP contribution in [0.15, 0.2) is 29.4 Å². The van der Waals surface area contributed by atoms with Crippen LogP contribution >= 0.6 is 0 Å². The van der Waals surface area contributed by atoms with Crippen LogP contribution in [0.5, 0.6) is 0 Å². The molecule has 0 aliphatic carbocycles. The van der Waals surface area contributed by atoms with Gasteiger partial charge < -0.3 is 25.9 Å². The number of hydrogen-bond donors (Lipinski definition) is 4. The first-order valence-electron chi connectivity index (χ1n) is 8.13. The molecule has 26 heavy (non-hydrogen) atoms. The summed E-state index contributed by atoms with van der Waals surface area (Å²) in [4.78, 5) is 34.7. The monoisotopic (exact) mass is 364 g/mol. The highest BCUT2D eigenvalue weighted by Crippen LogP contribution is 2.09. The number of ether oxygens (including phenoxy) is 1. The maximum Gasteiger partial charge on any atom is 0.328 e. The van der Waals surface area contributed by atoms with Crippen LogP contribution in [-0.4, -0.2) is 49.0 Å². The molecular weight excluding hydrogens is 340 g/mol. The number of anilines is 1. The fraction of sp³-hybridized carbons (Fsp3) is 0.412. The second-order valence-electron chi connectivity index (χ2n) is 5.52. The Labute approximate surface area is 151 Å². The Balaban J connectivity index is 2.51. The molecule has 4 N–H and O–H groups in total. The summed E-state index contributed by atoms with van der Waals surface area (Å²) in [7, 11) is 1.26. The predicted molar refractivity (Wildman–Crippen MR) is 96.3 cm³/mol. The molecule has 1 aromatic carbocycles. The van der Waals surface area contributed by atoms with Crippen molar-refractivity contribution in [1.82, 2.24) is 10.6 Å². The van der Waals surface area contributed by atoms with Gasteiger partial charge in [0.05, 0.1) is 13.3 Å². The zero-order valence-corrected chi connectivity index (χ0v) is 14.8. The summed E-state index contributed by atoms with van der Waals surface area (Å²) < 4.78 is 4.71. The third-order valence-electron chi connectivity index (χ3n) is 3.46. The third-order valence-corrected chi connectivity index (χ3v) is 3.46. The lowest BCUT2D eigenvalue weighted by Crippen LogP contribution is -2.43. The number of nitrogens with zero attached hydrogens (tertiary/aromatic N) is 1. The van der Waals surface area contributed by atoms with Crippen molar-refractivity contribution in [3.63, 3.8) is 0 Å². The summed E-state index contributed by atoms with van der Waals surface area (Å²) in [6.45, 7) is 1.95. The van der Waals surface area contributed by atoms with Gasteiger partial charge in [0.15, 0.2) is 0 Å². The second kappa shape index (κ2) is 11.5. The largest absolute Gasteiger partial charge is 0.467 e. The fourth-order valence-corrected chi connectivity index (χ4v) is 2.17. The quantitative estimate of drug-likeness (QED) is 0.173. The third kappa shape index (κ3) is 8.13.